The van der Waals surface area contributed by atoms with Crippen LogP contribution in [0.3, 0.4) is 0 Å². The van der Waals surface area contributed by atoms with Crippen LogP contribution in [0.5, 0.6) is 0 Å². The van der Waals surface area contributed by atoms with E-state index in [9.17, 15) is 13.5 Å². The van der Waals surface area contributed by atoms with E-state index in [1.165, 1.54) is 4.31 Å². The molecule has 0 amide bonds. The Balaban J connectivity index is 4.44. The van der Waals surface area contributed by atoms with Crippen molar-refractivity contribution < 1.29 is 13.5 Å². The van der Waals surface area contributed by atoms with Crippen LogP contribution in [0.25, 0.3) is 0 Å². The third-order valence-corrected chi connectivity index (χ3v) is 4.34. The molecule has 1 N–H and O–H groups in total. The second-order valence-corrected chi connectivity index (χ2v) is 6.92. The fourth-order valence-corrected chi connectivity index (χ4v) is 3.27. The van der Waals surface area contributed by atoms with Gasteiger partial charge in [0.05, 0.1) is 11.4 Å². The van der Waals surface area contributed by atoms with Gasteiger partial charge in [0.1, 0.15) is 0 Å². The Morgan fingerprint density at radius 1 is 1.31 bits per heavy atom. The van der Waals surface area contributed by atoms with Crippen molar-refractivity contribution in [1.82, 2.24) is 4.31 Å². The summed E-state index contributed by atoms with van der Waals surface area (Å²) in [4.78, 5) is 0. The number of hydrogen-bond acceptors (Lipinski definition) is 3. The third kappa shape index (κ3) is 6.68. The van der Waals surface area contributed by atoms with Gasteiger partial charge in [0.2, 0.25) is 10.0 Å². The van der Waals surface area contributed by atoms with E-state index < -0.39 is 15.6 Å². The molecule has 0 aliphatic heterocycles. The molecule has 0 aliphatic rings. The lowest BCUT2D eigenvalue weighted by Crippen LogP contribution is -2.43. The highest BCUT2D eigenvalue weighted by atomic mass is 35.5. The molecule has 0 aliphatic carbocycles. The van der Waals surface area contributed by atoms with Crippen LogP contribution in [0.4, 0.5) is 0 Å². The molecule has 0 aromatic heterocycles. The van der Waals surface area contributed by atoms with E-state index in [0.717, 1.165) is 0 Å². The van der Waals surface area contributed by atoms with E-state index in [2.05, 4.69) is 0 Å². The van der Waals surface area contributed by atoms with Crippen LogP contribution in [-0.4, -0.2) is 48.2 Å². The van der Waals surface area contributed by atoms with E-state index >= 15 is 0 Å². The summed E-state index contributed by atoms with van der Waals surface area (Å²) in [6, 6.07) is 0. The normalized spacial score (nSPS) is 13.4. The number of sulfonamides is 1. The Morgan fingerprint density at radius 2 is 1.88 bits per heavy atom. The van der Waals surface area contributed by atoms with E-state index in [1.807, 2.05) is 0 Å². The monoisotopic (exact) mass is 271 g/mol. The Hall–Kier alpha value is 0.160. The molecule has 0 fully saturated rings. The summed E-state index contributed by atoms with van der Waals surface area (Å²) < 4.78 is 25.1. The van der Waals surface area contributed by atoms with Crippen LogP contribution < -0.4 is 0 Å². The van der Waals surface area contributed by atoms with Crippen molar-refractivity contribution in [3.05, 3.63) is 0 Å². The Kier molecular flexibility index (Phi) is 6.86. The van der Waals surface area contributed by atoms with Crippen molar-refractivity contribution >= 4 is 21.6 Å². The molecule has 0 radical (unpaired) electrons. The first-order chi connectivity index (χ1) is 7.23. The second kappa shape index (κ2) is 6.79. The summed E-state index contributed by atoms with van der Waals surface area (Å²) in [7, 11) is -3.26. The highest BCUT2D eigenvalue weighted by molar-refractivity contribution is 7.89. The smallest absolute Gasteiger partial charge is 0.214 e. The number of alkyl halides is 1. The zero-order valence-electron chi connectivity index (χ0n) is 10.2. The minimum absolute atomic E-state index is 0.101. The van der Waals surface area contributed by atoms with Gasteiger partial charge in [-0.25, -0.2) is 8.42 Å². The average Bonchev–Trinajstić information content (AvgIpc) is 2.13. The van der Waals surface area contributed by atoms with Crippen molar-refractivity contribution in [3.8, 4) is 0 Å². The zero-order valence-corrected chi connectivity index (χ0v) is 11.8. The van der Waals surface area contributed by atoms with Gasteiger partial charge in [-0.15, -0.1) is 11.6 Å². The maximum absolute atomic E-state index is 11.9. The van der Waals surface area contributed by atoms with E-state index in [0.29, 0.717) is 25.3 Å². The molecule has 98 valence electrons. The number of rotatable bonds is 8. The summed E-state index contributed by atoms with van der Waals surface area (Å²) in [6.07, 6.45) is 1.26. The number of likely N-dealkylation sites (N-methyl/N-ethyl adjacent to an activating group) is 1. The van der Waals surface area contributed by atoms with Crippen LogP contribution in [0.2, 0.25) is 0 Å². The molecular weight excluding hydrogens is 250 g/mol. The molecular formula is C10H22ClNO3S. The molecule has 6 heteroatoms. The van der Waals surface area contributed by atoms with Crippen LogP contribution in [-0.2, 0) is 10.0 Å². The Morgan fingerprint density at radius 3 is 2.25 bits per heavy atom. The van der Waals surface area contributed by atoms with Crippen LogP contribution >= 0.6 is 11.6 Å². The number of unbranched alkanes of at least 4 members (excludes halogenated alkanes) is 1. The molecule has 0 rings (SSSR count). The fourth-order valence-electron chi connectivity index (χ4n) is 1.35. The van der Waals surface area contributed by atoms with Gasteiger partial charge in [0, 0.05) is 19.0 Å². The zero-order chi connectivity index (χ0) is 12.8. The van der Waals surface area contributed by atoms with Gasteiger partial charge < -0.3 is 5.11 Å². The van der Waals surface area contributed by atoms with Crippen molar-refractivity contribution in [3.63, 3.8) is 0 Å². The van der Waals surface area contributed by atoms with Gasteiger partial charge in [0.15, 0.2) is 0 Å². The van der Waals surface area contributed by atoms with Crippen molar-refractivity contribution in [1.29, 1.82) is 0 Å². The quantitative estimate of drug-likeness (QED) is 0.537. The second-order valence-electron chi connectivity index (χ2n) is 4.45. The third-order valence-electron chi connectivity index (χ3n) is 2.10. The minimum Gasteiger partial charge on any atom is -0.389 e. The van der Waals surface area contributed by atoms with E-state index in [1.54, 1.807) is 20.8 Å². The van der Waals surface area contributed by atoms with Gasteiger partial charge in [0.25, 0.3) is 0 Å². The van der Waals surface area contributed by atoms with Crippen molar-refractivity contribution in [2.75, 3.05) is 24.7 Å². The van der Waals surface area contributed by atoms with Gasteiger partial charge in [-0.3, -0.25) is 0 Å². The number of hydrogen-bond donors (Lipinski definition) is 1. The molecule has 0 spiro atoms. The standard InChI is InChI=1S/C10H22ClNO3S/c1-4-12(9-10(2,3)13)16(14,15)8-6-5-7-11/h13H,4-9H2,1-3H3. The molecule has 0 heterocycles. The minimum atomic E-state index is -3.26. The average molecular weight is 272 g/mol. The maximum atomic E-state index is 11.9. The first-order valence-electron chi connectivity index (χ1n) is 5.49. The van der Waals surface area contributed by atoms with Crippen LogP contribution in [0.15, 0.2) is 0 Å². The summed E-state index contributed by atoms with van der Waals surface area (Å²) in [5.74, 6) is 0.580. The molecule has 0 saturated heterocycles. The largest absolute Gasteiger partial charge is 0.389 e. The topological polar surface area (TPSA) is 57.6 Å². The van der Waals surface area contributed by atoms with Gasteiger partial charge in [-0.1, -0.05) is 6.92 Å². The molecule has 0 unspecified atom stereocenters. The van der Waals surface area contributed by atoms with E-state index in [4.69, 9.17) is 11.6 Å². The van der Waals surface area contributed by atoms with Gasteiger partial charge in [-0.05, 0) is 26.7 Å². The summed E-state index contributed by atoms with van der Waals surface area (Å²) >= 11 is 5.50. The molecule has 4 nitrogen and oxygen atoms in total. The molecule has 0 bridgehead atoms. The summed E-state index contributed by atoms with van der Waals surface area (Å²) in [5, 5.41) is 9.63. The van der Waals surface area contributed by atoms with Crippen LogP contribution in [0.1, 0.15) is 33.6 Å². The summed E-state index contributed by atoms with van der Waals surface area (Å²) in [5.41, 5.74) is -1.00. The van der Waals surface area contributed by atoms with Crippen LogP contribution in [0, 0.1) is 0 Å². The lowest BCUT2D eigenvalue weighted by Gasteiger charge is -2.27. The fraction of sp³-hybridized carbons (Fsp3) is 1.00. The highest BCUT2D eigenvalue weighted by Crippen LogP contribution is 2.11. The SMILES string of the molecule is CCN(CC(C)(C)O)S(=O)(=O)CCCCCl. The molecule has 0 saturated carbocycles. The summed E-state index contributed by atoms with van der Waals surface area (Å²) in [6.45, 7) is 5.48. The lowest BCUT2D eigenvalue weighted by molar-refractivity contribution is 0.0601. The first-order valence-corrected chi connectivity index (χ1v) is 7.63. The lowest BCUT2D eigenvalue weighted by atomic mass is 10.1. The molecule has 16 heavy (non-hydrogen) atoms. The maximum Gasteiger partial charge on any atom is 0.214 e. The predicted molar refractivity (Wildman–Crippen MR) is 67.3 cm³/mol. The Bertz CT molecular complexity index is 285. The Labute approximate surface area is 104 Å². The number of nitrogens with zero attached hydrogens (tertiary/aromatic N) is 1. The van der Waals surface area contributed by atoms with Gasteiger partial charge >= 0.3 is 0 Å². The van der Waals surface area contributed by atoms with Crippen molar-refractivity contribution in [2.24, 2.45) is 0 Å². The predicted octanol–water partition coefficient (Wildman–Crippen LogP) is 1.43. The molecule has 0 aromatic carbocycles. The molecule has 0 atom stereocenters. The van der Waals surface area contributed by atoms with Crippen molar-refractivity contribution in [2.45, 2.75) is 39.2 Å². The molecule has 0 aromatic rings. The highest BCUT2D eigenvalue weighted by Gasteiger charge is 2.26. The first kappa shape index (κ1) is 16.2. The van der Waals surface area contributed by atoms with E-state index in [-0.39, 0.29) is 12.3 Å². The van der Waals surface area contributed by atoms with Gasteiger partial charge in [-0.2, -0.15) is 4.31 Å². The number of halogens is 1. The number of aliphatic hydroxyl groups is 1.